The predicted molar refractivity (Wildman–Crippen MR) is 408 cm³/mol. The molecule has 8 heteroatoms. The van der Waals surface area contributed by atoms with Gasteiger partial charge in [0.25, 0.3) is 13.4 Å². The van der Waals surface area contributed by atoms with Crippen molar-refractivity contribution in [3.05, 3.63) is 328 Å². The second-order valence-corrected chi connectivity index (χ2v) is 26.8. The molecule has 15 aromatic carbocycles. The van der Waals surface area contributed by atoms with Crippen molar-refractivity contribution in [2.75, 3.05) is 19.6 Å². The van der Waals surface area contributed by atoms with Crippen molar-refractivity contribution in [1.29, 1.82) is 0 Å². The number of anilines is 12. The van der Waals surface area contributed by atoms with E-state index in [1.54, 1.807) is 0 Å². The molecule has 17 aromatic rings. The predicted octanol–water partition coefficient (Wildman–Crippen LogP) is 20.3. The number of thiophene rings is 1. The Balaban J connectivity index is 0.967. The van der Waals surface area contributed by atoms with E-state index < -0.39 is 0 Å². The highest BCUT2D eigenvalue weighted by Gasteiger charge is 2.50. The zero-order chi connectivity index (χ0) is 62.7. The largest absolute Gasteiger partial charge is 0.456 e. The first kappa shape index (κ1) is 53.4. The lowest BCUT2D eigenvalue weighted by Crippen LogP contribution is -2.65. The molecule has 0 amide bonds. The van der Waals surface area contributed by atoms with E-state index in [-0.39, 0.29) is 13.4 Å². The molecule has 2 aromatic heterocycles. The van der Waals surface area contributed by atoms with Crippen molar-refractivity contribution in [3.8, 4) is 33.4 Å². The summed E-state index contributed by atoms with van der Waals surface area (Å²) in [6, 6.07) is 122. The average molecular weight is 1240 g/mol. The van der Waals surface area contributed by atoms with Crippen molar-refractivity contribution < 1.29 is 4.42 Å². The first-order valence-electron chi connectivity index (χ1n) is 33.1. The van der Waals surface area contributed by atoms with Crippen LogP contribution < -0.4 is 52.4 Å². The van der Waals surface area contributed by atoms with Gasteiger partial charge in [-0.2, -0.15) is 0 Å². The molecule has 0 radical (unpaired) electrons. The Morgan fingerprint density at radius 2 is 0.729 bits per heavy atom. The van der Waals surface area contributed by atoms with Gasteiger partial charge in [0.15, 0.2) is 0 Å². The van der Waals surface area contributed by atoms with Crippen molar-refractivity contribution in [2.45, 2.75) is 0 Å². The Morgan fingerprint density at radius 1 is 0.260 bits per heavy atom. The lowest BCUT2D eigenvalue weighted by Gasteiger charge is -2.48. The molecule has 6 heterocycles. The molecule has 444 valence electrons. The molecule has 0 saturated heterocycles. The Labute approximate surface area is 560 Å². The maximum atomic E-state index is 7.47. The molecule has 4 aliphatic rings. The van der Waals surface area contributed by atoms with Crippen LogP contribution in [0.1, 0.15) is 0 Å². The van der Waals surface area contributed by atoms with Gasteiger partial charge in [0.2, 0.25) is 0 Å². The lowest BCUT2D eigenvalue weighted by molar-refractivity contribution is 0.669. The molecule has 0 atom stereocenters. The summed E-state index contributed by atoms with van der Waals surface area (Å²) in [5, 5.41) is 7.03. The molecule has 0 aliphatic carbocycles. The van der Waals surface area contributed by atoms with E-state index in [0.29, 0.717) is 0 Å². The summed E-state index contributed by atoms with van der Waals surface area (Å²) in [5.74, 6) is 0. The third-order valence-electron chi connectivity index (χ3n) is 20.7. The van der Waals surface area contributed by atoms with Gasteiger partial charge in [-0.3, -0.25) is 0 Å². The molecular formula is C88H54B2N4OS. The number of furan rings is 1. The number of para-hydroxylation sites is 6. The van der Waals surface area contributed by atoms with Gasteiger partial charge in [0, 0.05) is 93.8 Å². The van der Waals surface area contributed by atoms with E-state index in [1.165, 1.54) is 69.7 Å². The van der Waals surface area contributed by atoms with E-state index in [1.807, 2.05) is 11.3 Å². The van der Waals surface area contributed by atoms with E-state index in [0.717, 1.165) is 118 Å². The molecule has 96 heavy (non-hydrogen) atoms. The zero-order valence-electron chi connectivity index (χ0n) is 51.9. The summed E-state index contributed by atoms with van der Waals surface area (Å²) in [6.07, 6.45) is 0. The minimum Gasteiger partial charge on any atom is -0.456 e. The Bertz CT molecular complexity index is 6020. The van der Waals surface area contributed by atoms with Gasteiger partial charge in [-0.05, 0) is 133 Å². The fourth-order valence-electron chi connectivity index (χ4n) is 16.9. The van der Waals surface area contributed by atoms with Crippen LogP contribution in [0.25, 0.3) is 86.3 Å². The molecule has 0 N–H and O–H groups in total. The minimum atomic E-state index is -0.254. The highest BCUT2D eigenvalue weighted by molar-refractivity contribution is 7.26. The van der Waals surface area contributed by atoms with Crippen molar-refractivity contribution in [2.24, 2.45) is 0 Å². The van der Waals surface area contributed by atoms with E-state index in [9.17, 15) is 0 Å². The maximum Gasteiger partial charge on any atom is 0.252 e. The molecule has 0 fully saturated rings. The normalized spacial score (nSPS) is 13.3. The molecule has 0 bridgehead atoms. The highest BCUT2D eigenvalue weighted by atomic mass is 32.1. The molecule has 4 aliphatic heterocycles. The van der Waals surface area contributed by atoms with Crippen molar-refractivity contribution in [1.82, 2.24) is 0 Å². The number of rotatable bonds is 7. The van der Waals surface area contributed by atoms with Crippen LogP contribution in [0.15, 0.2) is 332 Å². The van der Waals surface area contributed by atoms with E-state index in [4.69, 9.17) is 4.42 Å². The fraction of sp³-hybridized carbons (Fsp3) is 0. The smallest absolute Gasteiger partial charge is 0.252 e. The van der Waals surface area contributed by atoms with Crippen LogP contribution in [-0.4, -0.2) is 13.4 Å². The van der Waals surface area contributed by atoms with E-state index in [2.05, 4.69) is 347 Å². The van der Waals surface area contributed by atoms with E-state index >= 15 is 0 Å². The number of hydrogen-bond acceptors (Lipinski definition) is 6. The van der Waals surface area contributed by atoms with Crippen LogP contribution in [-0.2, 0) is 0 Å². The number of fused-ring (bicyclic) bond motifs is 17. The van der Waals surface area contributed by atoms with Gasteiger partial charge < -0.3 is 24.0 Å². The van der Waals surface area contributed by atoms with Crippen molar-refractivity contribution in [3.63, 3.8) is 0 Å². The number of nitrogens with zero attached hydrogens (tertiary/aromatic N) is 4. The second-order valence-electron chi connectivity index (χ2n) is 25.7. The molecule has 21 rings (SSSR count). The molecule has 0 saturated carbocycles. The lowest BCUT2D eigenvalue weighted by atomic mass is 9.30. The van der Waals surface area contributed by atoms with Crippen LogP contribution >= 0.6 is 11.3 Å². The van der Waals surface area contributed by atoms with Gasteiger partial charge in [0.1, 0.15) is 11.2 Å². The minimum absolute atomic E-state index is 0.200. The first-order chi connectivity index (χ1) is 47.7. The monoisotopic (exact) mass is 1240 g/mol. The van der Waals surface area contributed by atoms with Gasteiger partial charge in [-0.1, -0.05) is 249 Å². The van der Waals surface area contributed by atoms with Crippen LogP contribution in [0.3, 0.4) is 0 Å². The van der Waals surface area contributed by atoms with Crippen LogP contribution in [0.2, 0.25) is 0 Å². The first-order valence-corrected chi connectivity index (χ1v) is 33.9. The van der Waals surface area contributed by atoms with Crippen molar-refractivity contribution >= 4 is 179 Å². The van der Waals surface area contributed by atoms with Gasteiger partial charge in [-0.25, -0.2) is 0 Å². The molecule has 5 nitrogen and oxygen atoms in total. The average Bonchev–Trinajstić information content (AvgIpc) is 0.996. The summed E-state index contributed by atoms with van der Waals surface area (Å²) in [4.78, 5) is 10.5. The summed E-state index contributed by atoms with van der Waals surface area (Å²) < 4.78 is 9.98. The SMILES string of the molecule is c1ccc(-c2ccccc2N2c3cc4c(cc3B3c5ccccc5N(c5ccccc5)c5c3c2cc2sc3ccccc3c52)B2c3ccccc3N(c3ccccc3)c3c2c(cc2oc5cc6ccccc6cc5c32)N4c2c(-c3ccccc3)cccc2-c2ccccc2)cc1. The number of benzene rings is 15. The molecule has 0 spiro atoms. The summed E-state index contributed by atoms with van der Waals surface area (Å²) in [6.45, 7) is -0.454. The maximum absolute atomic E-state index is 7.47. The summed E-state index contributed by atoms with van der Waals surface area (Å²) >= 11 is 1.89. The third-order valence-corrected chi connectivity index (χ3v) is 21.8. The topological polar surface area (TPSA) is 26.1 Å². The van der Waals surface area contributed by atoms with Gasteiger partial charge >= 0.3 is 0 Å². The summed E-state index contributed by atoms with van der Waals surface area (Å²) in [5.41, 5.74) is 29.5. The molecule has 0 unspecified atom stereocenters. The third kappa shape index (κ3) is 7.64. The van der Waals surface area contributed by atoms with Gasteiger partial charge in [0.05, 0.1) is 28.1 Å². The fourth-order valence-corrected chi connectivity index (χ4v) is 18.0. The Hall–Kier alpha value is -12.1. The molecular weight excluding hydrogens is 1180 g/mol. The zero-order valence-corrected chi connectivity index (χ0v) is 52.8. The quantitative estimate of drug-likeness (QED) is 0.148. The standard InChI is InChI=1S/C88H54B2N4OS/c1-6-27-55(28-7-1)62-39-18-22-45-71(62)93-74-52-75-70(51-69(74)89-68-44-21-24-47-73(68)92(61-37-14-5-15-38-61)88-83-65-40-19-25-48-80(65)96-81(83)54-77(93)85(88)89)90-67-43-20-23-46-72(67)91(60-35-12-4-13-36-60)87-82-66-49-58-33-16-17-34-59(58)50-78(66)95-79(82)53-76(84(87)90)94(75)86-63(56-29-8-2-9-30-56)41-26-42-64(86)57-31-10-3-11-32-57/h1-54H. The summed E-state index contributed by atoms with van der Waals surface area (Å²) in [7, 11) is 0. The Morgan fingerprint density at radius 3 is 1.34 bits per heavy atom. The van der Waals surface area contributed by atoms with Gasteiger partial charge in [-0.15, -0.1) is 11.3 Å². The number of hydrogen-bond donors (Lipinski definition) is 0. The van der Waals surface area contributed by atoms with Crippen LogP contribution in [0, 0.1) is 0 Å². The highest BCUT2D eigenvalue weighted by Crippen LogP contribution is 2.57. The second kappa shape index (κ2) is 20.7. The van der Waals surface area contributed by atoms with Crippen LogP contribution in [0.4, 0.5) is 68.2 Å². The van der Waals surface area contributed by atoms with Crippen LogP contribution in [0.5, 0.6) is 0 Å². The Kier molecular flexibility index (Phi) is 11.5.